The fraction of sp³-hybridized carbons (Fsp3) is 0.652. The van der Waals surface area contributed by atoms with Crippen LogP contribution in [0.5, 0.6) is 0 Å². The number of hydrogen-bond acceptors (Lipinski definition) is 5. The van der Waals surface area contributed by atoms with E-state index < -0.39 is 15.9 Å². The first-order valence-corrected chi connectivity index (χ1v) is 13.2. The number of carbonyl (C=O) groups is 2. The van der Waals surface area contributed by atoms with E-state index in [2.05, 4.69) is 10.6 Å². The molecule has 1 aromatic rings. The van der Waals surface area contributed by atoms with Gasteiger partial charge in [0.15, 0.2) is 9.84 Å². The molecule has 0 spiro atoms. The largest absolute Gasteiger partial charge is 0.343 e. The van der Waals surface area contributed by atoms with Gasteiger partial charge >= 0.3 is 0 Å². The Balaban J connectivity index is 1.68. The molecule has 2 aliphatic rings. The summed E-state index contributed by atoms with van der Waals surface area (Å²) in [6.07, 6.45) is 5.38. The molecule has 0 aromatic heterocycles. The molecule has 1 unspecified atom stereocenters. The molecular weight excluding hydrogens is 414 g/mol. The summed E-state index contributed by atoms with van der Waals surface area (Å²) in [4.78, 5) is 27.6. The van der Waals surface area contributed by atoms with Crippen molar-refractivity contribution in [1.82, 2.24) is 15.5 Å². The summed E-state index contributed by atoms with van der Waals surface area (Å²) in [7, 11) is -1.60. The molecule has 31 heavy (non-hydrogen) atoms. The van der Waals surface area contributed by atoms with Crippen LogP contribution in [0.25, 0.3) is 0 Å². The number of nitrogens with one attached hydrogen (secondary N) is 2. The Morgan fingerprint density at radius 1 is 1.13 bits per heavy atom. The number of likely N-dealkylation sites (N-methyl/N-ethyl adjacent to an activating group) is 1. The lowest BCUT2D eigenvalue weighted by molar-refractivity contribution is -0.139. The second-order valence-electron chi connectivity index (χ2n) is 8.84. The van der Waals surface area contributed by atoms with Crippen molar-refractivity contribution in [1.29, 1.82) is 0 Å². The molecular formula is C23H35N3O4S. The van der Waals surface area contributed by atoms with Gasteiger partial charge in [0, 0.05) is 12.1 Å². The minimum absolute atomic E-state index is 0.00431. The maximum atomic E-state index is 13.4. The van der Waals surface area contributed by atoms with E-state index in [9.17, 15) is 18.0 Å². The Morgan fingerprint density at radius 2 is 1.84 bits per heavy atom. The first-order valence-electron chi connectivity index (χ1n) is 11.3. The van der Waals surface area contributed by atoms with Crippen molar-refractivity contribution in [2.24, 2.45) is 0 Å². The fourth-order valence-corrected chi connectivity index (χ4v) is 6.28. The molecule has 0 bridgehead atoms. The van der Waals surface area contributed by atoms with E-state index in [0.717, 1.165) is 31.2 Å². The van der Waals surface area contributed by atoms with Gasteiger partial charge in [-0.25, -0.2) is 8.42 Å². The zero-order valence-electron chi connectivity index (χ0n) is 18.5. The van der Waals surface area contributed by atoms with E-state index in [1.165, 1.54) is 0 Å². The molecule has 0 radical (unpaired) electrons. The summed E-state index contributed by atoms with van der Waals surface area (Å²) >= 11 is 0. The van der Waals surface area contributed by atoms with Crippen molar-refractivity contribution < 1.29 is 18.0 Å². The van der Waals surface area contributed by atoms with Crippen LogP contribution in [-0.4, -0.2) is 67.9 Å². The molecule has 4 atom stereocenters. The van der Waals surface area contributed by atoms with Gasteiger partial charge in [0.25, 0.3) is 0 Å². The van der Waals surface area contributed by atoms with Gasteiger partial charge in [-0.3, -0.25) is 9.59 Å². The van der Waals surface area contributed by atoms with Gasteiger partial charge in [0.05, 0.1) is 17.5 Å². The van der Waals surface area contributed by atoms with Crippen molar-refractivity contribution in [3.63, 3.8) is 0 Å². The first-order chi connectivity index (χ1) is 14.8. The number of sulfone groups is 1. The topological polar surface area (TPSA) is 95.6 Å². The smallest absolute Gasteiger partial charge is 0.245 e. The number of nitrogens with zero attached hydrogens (tertiary/aromatic N) is 1. The van der Waals surface area contributed by atoms with Gasteiger partial charge < -0.3 is 15.5 Å². The summed E-state index contributed by atoms with van der Waals surface area (Å²) in [5, 5.41) is 5.78. The molecule has 172 valence electrons. The molecule has 2 aliphatic heterocycles. The van der Waals surface area contributed by atoms with Crippen LogP contribution in [0.1, 0.15) is 51.0 Å². The fourth-order valence-electron chi connectivity index (χ4n) is 4.66. The summed E-state index contributed by atoms with van der Waals surface area (Å²) in [6, 6.07) is 8.39. The summed E-state index contributed by atoms with van der Waals surface area (Å²) < 4.78 is 25.7. The zero-order valence-corrected chi connectivity index (χ0v) is 19.4. The zero-order chi connectivity index (χ0) is 22.4. The number of rotatable bonds is 8. The minimum atomic E-state index is -3.31. The standard InChI is InChI=1S/C23H35N3O4S/c1-17(24-2)22(27)25-21-11-7-6-10-19-12-13-20(26(19)23(21)28)16-31(29,30)15-14-18-8-4-3-5-9-18/h3-5,8-9,17,19-21,24H,6-7,10-16H2,1-2H3,(H,25,27)/t17?,19-,20-,21-/m0/s1. The average Bonchev–Trinajstić information content (AvgIpc) is 3.13. The Labute approximate surface area is 185 Å². The molecule has 3 rings (SSSR count). The normalized spacial score (nSPS) is 25.4. The molecule has 2 saturated heterocycles. The molecule has 7 nitrogen and oxygen atoms in total. The lowest BCUT2D eigenvalue weighted by Gasteiger charge is -2.36. The highest BCUT2D eigenvalue weighted by Gasteiger charge is 2.42. The summed E-state index contributed by atoms with van der Waals surface area (Å²) in [5.41, 5.74) is 0.999. The molecule has 2 heterocycles. The number of aryl methyl sites for hydroxylation is 1. The SMILES string of the molecule is CNC(C)C(=O)N[C@H]1CCCC[C@H]2CC[C@@H](CS(=O)(=O)CCc3ccccc3)N2C1=O. The third-order valence-electron chi connectivity index (χ3n) is 6.59. The molecule has 2 fully saturated rings. The second kappa shape index (κ2) is 10.6. The molecule has 2 amide bonds. The van der Waals surface area contributed by atoms with Crippen molar-refractivity contribution in [3.05, 3.63) is 35.9 Å². The van der Waals surface area contributed by atoms with Gasteiger partial charge in [-0.05, 0) is 51.6 Å². The van der Waals surface area contributed by atoms with Crippen molar-refractivity contribution in [2.75, 3.05) is 18.6 Å². The van der Waals surface area contributed by atoms with Gasteiger partial charge in [-0.1, -0.05) is 43.2 Å². The van der Waals surface area contributed by atoms with Crippen LogP contribution in [0.4, 0.5) is 0 Å². The van der Waals surface area contributed by atoms with Gasteiger partial charge in [0.1, 0.15) is 6.04 Å². The van der Waals surface area contributed by atoms with Crippen molar-refractivity contribution >= 4 is 21.7 Å². The number of fused-ring (bicyclic) bond motifs is 1. The highest BCUT2D eigenvalue weighted by atomic mass is 32.2. The summed E-state index contributed by atoms with van der Waals surface area (Å²) in [6.45, 7) is 1.75. The predicted octanol–water partition coefficient (Wildman–Crippen LogP) is 1.67. The Kier molecular flexibility index (Phi) is 8.11. The number of benzene rings is 1. The predicted molar refractivity (Wildman–Crippen MR) is 121 cm³/mol. The van der Waals surface area contributed by atoms with Gasteiger partial charge in [0.2, 0.25) is 11.8 Å². The molecule has 0 aliphatic carbocycles. The average molecular weight is 450 g/mol. The van der Waals surface area contributed by atoms with E-state index in [1.54, 1.807) is 18.9 Å². The van der Waals surface area contributed by atoms with Crippen LogP contribution >= 0.6 is 0 Å². The van der Waals surface area contributed by atoms with E-state index in [0.29, 0.717) is 19.3 Å². The number of carbonyl (C=O) groups excluding carboxylic acids is 2. The monoisotopic (exact) mass is 449 g/mol. The number of hydrogen-bond donors (Lipinski definition) is 2. The highest BCUT2D eigenvalue weighted by molar-refractivity contribution is 7.91. The first kappa shape index (κ1) is 23.7. The molecule has 0 saturated carbocycles. The van der Waals surface area contributed by atoms with Crippen LogP contribution in [-0.2, 0) is 25.8 Å². The Bertz CT molecular complexity index is 859. The van der Waals surface area contributed by atoms with E-state index >= 15 is 0 Å². The van der Waals surface area contributed by atoms with Crippen LogP contribution in [0.2, 0.25) is 0 Å². The van der Waals surface area contributed by atoms with Crippen LogP contribution in [0.3, 0.4) is 0 Å². The maximum Gasteiger partial charge on any atom is 0.245 e. The maximum absolute atomic E-state index is 13.4. The Hall–Kier alpha value is -1.93. The second-order valence-corrected chi connectivity index (χ2v) is 11.1. The van der Waals surface area contributed by atoms with E-state index in [1.807, 2.05) is 30.3 Å². The lowest BCUT2D eigenvalue weighted by atomic mass is 9.98. The lowest BCUT2D eigenvalue weighted by Crippen LogP contribution is -2.56. The highest BCUT2D eigenvalue weighted by Crippen LogP contribution is 2.32. The third kappa shape index (κ3) is 6.29. The molecule has 2 N–H and O–H groups in total. The van der Waals surface area contributed by atoms with Crippen LogP contribution in [0.15, 0.2) is 30.3 Å². The van der Waals surface area contributed by atoms with Crippen molar-refractivity contribution in [3.8, 4) is 0 Å². The molecule has 1 aromatic carbocycles. The summed E-state index contributed by atoms with van der Waals surface area (Å²) in [5.74, 6) is -0.248. The van der Waals surface area contributed by atoms with Crippen molar-refractivity contribution in [2.45, 2.75) is 76.0 Å². The quantitative estimate of drug-likeness (QED) is 0.630. The van der Waals surface area contributed by atoms with Crippen LogP contribution < -0.4 is 10.6 Å². The Morgan fingerprint density at radius 3 is 2.55 bits per heavy atom. The van der Waals surface area contributed by atoms with Gasteiger partial charge in [-0.2, -0.15) is 0 Å². The van der Waals surface area contributed by atoms with Gasteiger partial charge in [-0.15, -0.1) is 0 Å². The third-order valence-corrected chi connectivity index (χ3v) is 8.31. The van der Waals surface area contributed by atoms with E-state index in [4.69, 9.17) is 0 Å². The van der Waals surface area contributed by atoms with E-state index in [-0.39, 0.29) is 41.4 Å². The van der Waals surface area contributed by atoms with Crippen LogP contribution in [0, 0.1) is 0 Å². The minimum Gasteiger partial charge on any atom is -0.343 e. The molecule has 8 heteroatoms. The number of amides is 2.